The molecule has 0 heterocycles. The third-order valence-corrected chi connectivity index (χ3v) is 2.03. The molecule has 0 unspecified atom stereocenters. The molecule has 2 nitrogen and oxygen atoms in total. The topological polar surface area (TPSA) is 37.3 Å². The molecule has 1 N–H and O–H groups in total. The summed E-state index contributed by atoms with van der Waals surface area (Å²) < 4.78 is 0. The first-order valence-corrected chi connectivity index (χ1v) is 5.58. The molecule has 0 aromatic heterocycles. The molecule has 0 fully saturated rings. The van der Waals surface area contributed by atoms with Crippen molar-refractivity contribution in [1.29, 1.82) is 0 Å². The first-order valence-electron chi connectivity index (χ1n) is 4.46. The van der Waals surface area contributed by atoms with Crippen LogP contribution >= 0.6 is 15.9 Å². The van der Waals surface area contributed by atoms with Crippen molar-refractivity contribution in [3.05, 3.63) is 35.9 Å². The summed E-state index contributed by atoms with van der Waals surface area (Å²) in [5.74, 6) is -0.723. The van der Waals surface area contributed by atoms with Gasteiger partial charge in [-0.2, -0.15) is 0 Å². The lowest BCUT2D eigenvalue weighted by Crippen LogP contribution is -1.93. The van der Waals surface area contributed by atoms with E-state index in [1.165, 1.54) is 5.56 Å². The van der Waals surface area contributed by atoms with Crippen LogP contribution in [-0.4, -0.2) is 16.4 Å². The van der Waals surface area contributed by atoms with Gasteiger partial charge in [-0.25, -0.2) is 0 Å². The van der Waals surface area contributed by atoms with E-state index >= 15 is 0 Å². The fourth-order valence-corrected chi connectivity index (χ4v) is 1.03. The first-order chi connectivity index (χ1) is 6.66. The number of benzene rings is 1. The molecule has 0 aliphatic heterocycles. The van der Waals surface area contributed by atoms with Crippen molar-refractivity contribution in [2.45, 2.75) is 19.8 Å². The van der Waals surface area contributed by atoms with Gasteiger partial charge in [0, 0.05) is 11.8 Å². The van der Waals surface area contributed by atoms with Gasteiger partial charge in [0.05, 0.1) is 0 Å². The van der Waals surface area contributed by atoms with Crippen LogP contribution in [0.25, 0.3) is 0 Å². The van der Waals surface area contributed by atoms with E-state index in [0.29, 0.717) is 0 Å². The average molecular weight is 259 g/mol. The smallest absolute Gasteiger partial charge is 0.303 e. The van der Waals surface area contributed by atoms with Gasteiger partial charge in [0.25, 0.3) is 0 Å². The number of carboxylic acids is 1. The lowest BCUT2D eigenvalue weighted by Gasteiger charge is -1.84. The normalized spacial score (nSPS) is 8.71. The van der Waals surface area contributed by atoms with Crippen molar-refractivity contribution >= 4 is 21.9 Å². The average Bonchev–Trinajstić information content (AvgIpc) is 2.17. The summed E-state index contributed by atoms with van der Waals surface area (Å²) >= 11 is 3.11. The van der Waals surface area contributed by atoms with E-state index in [1.807, 2.05) is 18.2 Å². The Morgan fingerprint density at radius 1 is 1.36 bits per heavy atom. The quantitative estimate of drug-likeness (QED) is 0.846. The second-order valence-corrected chi connectivity index (χ2v) is 3.63. The first kappa shape index (κ1) is 13.2. The molecule has 0 amide bonds. The molecule has 0 aliphatic rings. The Labute approximate surface area is 93.1 Å². The molecular formula is C11H15BrO2. The van der Waals surface area contributed by atoms with E-state index < -0.39 is 5.97 Å². The highest BCUT2D eigenvalue weighted by Gasteiger charge is 1.91. The summed E-state index contributed by atoms with van der Waals surface area (Å²) in [5.41, 5.74) is 1.32. The third-order valence-electron chi connectivity index (χ3n) is 1.46. The van der Waals surface area contributed by atoms with Crippen LogP contribution in [0.15, 0.2) is 30.3 Å². The molecule has 1 rings (SSSR count). The molecule has 0 aliphatic carbocycles. The number of hydrogen-bond donors (Lipinski definition) is 1. The van der Waals surface area contributed by atoms with E-state index in [1.54, 1.807) is 0 Å². The van der Waals surface area contributed by atoms with Crippen molar-refractivity contribution < 1.29 is 9.90 Å². The molecule has 78 valence electrons. The number of carbonyl (C=O) groups is 1. The molecule has 0 radical (unpaired) electrons. The van der Waals surface area contributed by atoms with Crippen molar-refractivity contribution in [2.24, 2.45) is 0 Å². The number of carboxylic acid groups (broad SMARTS) is 1. The number of aryl methyl sites for hydroxylation is 1. The predicted octanol–water partition coefficient (Wildman–Crippen LogP) is 3.24. The maximum Gasteiger partial charge on any atom is 0.303 e. The van der Waals surface area contributed by atoms with Crippen molar-refractivity contribution in [3.8, 4) is 0 Å². The van der Waals surface area contributed by atoms with E-state index in [0.717, 1.165) is 11.8 Å². The van der Waals surface area contributed by atoms with Gasteiger partial charge >= 0.3 is 5.97 Å². The van der Waals surface area contributed by atoms with Gasteiger partial charge in [-0.15, -0.1) is 0 Å². The number of alkyl halides is 1. The minimum Gasteiger partial charge on any atom is -0.481 e. The zero-order valence-corrected chi connectivity index (χ0v) is 9.83. The maximum atomic E-state index is 9.74. The Balaban J connectivity index is 0.000000241. The Hall–Kier alpha value is -0.830. The predicted molar refractivity (Wildman–Crippen MR) is 61.8 cm³/mol. The highest BCUT2D eigenvalue weighted by atomic mass is 79.9. The van der Waals surface area contributed by atoms with Crippen molar-refractivity contribution in [3.63, 3.8) is 0 Å². The fourth-order valence-electron chi connectivity index (χ4n) is 0.752. The molecular weight excluding hydrogens is 244 g/mol. The molecule has 0 saturated heterocycles. The molecule has 3 heteroatoms. The van der Waals surface area contributed by atoms with Crippen molar-refractivity contribution in [2.75, 3.05) is 5.33 Å². The fraction of sp³-hybridized carbons (Fsp3) is 0.364. The van der Waals surface area contributed by atoms with Crippen LogP contribution in [0.5, 0.6) is 0 Å². The summed E-state index contributed by atoms with van der Waals surface area (Å²) in [6.07, 6.45) is 0.987. The van der Waals surface area contributed by atoms with Gasteiger partial charge in [0.1, 0.15) is 0 Å². The van der Waals surface area contributed by atoms with E-state index in [9.17, 15) is 4.79 Å². The minimum absolute atomic E-state index is 0.269. The summed E-state index contributed by atoms with van der Waals surface area (Å²) in [7, 11) is 0. The standard InChI is InChI=1S/C7H8.C4H7BrO2/c1-7-5-3-2-4-6-7;5-3-1-2-4(6)7/h2-6H,1H3;1-3H2,(H,6,7). The van der Waals surface area contributed by atoms with Crippen LogP contribution < -0.4 is 0 Å². The number of halogens is 1. The van der Waals surface area contributed by atoms with Crippen LogP contribution in [-0.2, 0) is 4.79 Å². The molecule has 0 saturated carbocycles. The van der Waals surface area contributed by atoms with Crippen molar-refractivity contribution in [1.82, 2.24) is 0 Å². The summed E-state index contributed by atoms with van der Waals surface area (Å²) in [4.78, 5) is 9.74. The Kier molecular flexibility index (Phi) is 8.24. The van der Waals surface area contributed by atoms with Crippen LogP contribution in [0.1, 0.15) is 18.4 Å². The number of rotatable bonds is 3. The molecule has 0 spiro atoms. The lowest BCUT2D eigenvalue weighted by molar-refractivity contribution is -0.137. The third kappa shape index (κ3) is 9.26. The SMILES string of the molecule is Cc1ccccc1.O=C(O)CCCBr. The Morgan fingerprint density at radius 2 is 1.93 bits per heavy atom. The Bertz CT molecular complexity index is 247. The highest BCUT2D eigenvalue weighted by molar-refractivity contribution is 9.09. The summed E-state index contributed by atoms with van der Waals surface area (Å²) in [6.45, 7) is 2.08. The van der Waals surface area contributed by atoms with Crippen LogP contribution in [0.4, 0.5) is 0 Å². The highest BCUT2D eigenvalue weighted by Crippen LogP contribution is 1.92. The largest absolute Gasteiger partial charge is 0.481 e. The van der Waals surface area contributed by atoms with Gasteiger partial charge in [-0.1, -0.05) is 51.8 Å². The van der Waals surface area contributed by atoms with Crippen LogP contribution in [0.3, 0.4) is 0 Å². The summed E-state index contributed by atoms with van der Waals surface area (Å²) in [6, 6.07) is 10.3. The van der Waals surface area contributed by atoms with Crippen LogP contribution in [0.2, 0.25) is 0 Å². The van der Waals surface area contributed by atoms with Gasteiger partial charge in [0.15, 0.2) is 0 Å². The molecule has 1 aromatic rings. The van der Waals surface area contributed by atoms with E-state index in [2.05, 4.69) is 35.0 Å². The van der Waals surface area contributed by atoms with Gasteiger partial charge in [-0.05, 0) is 13.3 Å². The number of hydrogen-bond acceptors (Lipinski definition) is 1. The van der Waals surface area contributed by atoms with E-state index in [4.69, 9.17) is 5.11 Å². The Morgan fingerprint density at radius 3 is 2.14 bits per heavy atom. The van der Waals surface area contributed by atoms with Gasteiger partial charge in [0.2, 0.25) is 0 Å². The second kappa shape index (κ2) is 8.75. The zero-order valence-electron chi connectivity index (χ0n) is 8.24. The number of aliphatic carboxylic acids is 1. The molecule has 14 heavy (non-hydrogen) atoms. The van der Waals surface area contributed by atoms with Crippen LogP contribution in [0, 0.1) is 6.92 Å². The zero-order chi connectivity index (χ0) is 10.8. The van der Waals surface area contributed by atoms with Gasteiger partial charge in [-0.3, -0.25) is 4.79 Å². The minimum atomic E-state index is -0.723. The molecule has 0 bridgehead atoms. The molecule has 0 atom stereocenters. The second-order valence-electron chi connectivity index (χ2n) is 2.84. The monoisotopic (exact) mass is 258 g/mol. The lowest BCUT2D eigenvalue weighted by atomic mass is 10.2. The molecule has 1 aromatic carbocycles. The maximum absolute atomic E-state index is 9.74. The summed E-state index contributed by atoms with van der Waals surface area (Å²) in [5, 5.41) is 8.80. The van der Waals surface area contributed by atoms with E-state index in [-0.39, 0.29) is 6.42 Å². The van der Waals surface area contributed by atoms with Gasteiger partial charge < -0.3 is 5.11 Å².